The Morgan fingerprint density at radius 1 is 0.857 bits per heavy atom. The minimum absolute atomic E-state index is 0.126. The fraction of sp³-hybridized carbons (Fsp3) is 0.542. The average Bonchev–Trinajstić information content (AvgIpc) is 3.61. The van der Waals surface area contributed by atoms with Crippen molar-refractivity contribution < 1.29 is 20.9 Å². The van der Waals surface area contributed by atoms with Crippen LogP contribution >= 0.6 is 0 Å². The number of ketones is 3. The van der Waals surface area contributed by atoms with E-state index in [1.165, 1.54) is 0 Å². The molecule has 0 amide bonds. The van der Waals surface area contributed by atoms with Crippen LogP contribution in [-0.4, -0.2) is 17.3 Å². The fourth-order valence-corrected chi connectivity index (χ4v) is 94.7. The summed E-state index contributed by atoms with van der Waals surface area (Å²) < 4.78 is -0.126. The third kappa shape index (κ3) is 0.209. The van der Waals surface area contributed by atoms with Gasteiger partial charge in [0.1, 0.15) is 0 Å². The normalized spacial score (nSPS) is 77.0. The first-order chi connectivity index (χ1) is 13.1. The van der Waals surface area contributed by atoms with E-state index in [4.69, 9.17) is 0 Å². The van der Waals surface area contributed by atoms with Crippen molar-refractivity contribution in [3.63, 3.8) is 0 Å². The molecule has 0 N–H and O–H groups in total. The molecule has 28 heavy (non-hydrogen) atoms. The zero-order valence-corrected chi connectivity index (χ0v) is 17.0. The Hall–Kier alpha value is -1.51. The van der Waals surface area contributed by atoms with Crippen LogP contribution in [0.2, 0.25) is 47.7 Å². The molecule has 10 aliphatic heterocycles. The van der Waals surface area contributed by atoms with E-state index < -0.39 is 11.9 Å². The van der Waals surface area contributed by atoms with Crippen LogP contribution in [0.1, 0.15) is 19.4 Å². The maximum absolute atomic E-state index is 14.2. The summed E-state index contributed by atoms with van der Waals surface area (Å²) in [5.74, 6) is -0.544. The van der Waals surface area contributed by atoms with Gasteiger partial charge in [0.2, 0.25) is 0 Å². The van der Waals surface area contributed by atoms with E-state index >= 15 is 0 Å². The van der Waals surface area contributed by atoms with Gasteiger partial charge in [0.05, 0.1) is 0 Å². The predicted molar refractivity (Wildman–Crippen MR) is 101 cm³/mol. The summed E-state index contributed by atoms with van der Waals surface area (Å²) in [6.45, 7) is 3.35. The van der Waals surface area contributed by atoms with E-state index in [-0.39, 0.29) is 21.7 Å². The molecule has 10 heterocycles. The van der Waals surface area contributed by atoms with Crippen LogP contribution < -0.4 is 0 Å². The maximum atomic E-state index is 14.2. The van der Waals surface area contributed by atoms with Crippen molar-refractivity contribution in [2.75, 3.05) is 0 Å². The predicted octanol–water partition coefficient (Wildman–Crippen LogP) is 5.19. The monoisotopic (exact) mass is 414 g/mol. The van der Waals surface area contributed by atoms with Gasteiger partial charge in [-0.15, -0.1) is 0 Å². The van der Waals surface area contributed by atoms with E-state index in [0.717, 1.165) is 39.3 Å². The first-order valence-corrected chi connectivity index (χ1v) is 16.9. The number of hydrogen-bond donors (Lipinski definition) is 0. The number of allylic oxidation sites excluding steroid dienone is 1. The van der Waals surface area contributed by atoms with Crippen molar-refractivity contribution in [2.45, 2.75) is 61.5 Å². The van der Waals surface area contributed by atoms with E-state index in [0.29, 0.717) is 15.2 Å². The van der Waals surface area contributed by atoms with Gasteiger partial charge in [-0.25, -0.2) is 0 Å². The van der Waals surface area contributed by atoms with Crippen LogP contribution in [0.3, 0.4) is 0 Å². The van der Waals surface area contributed by atoms with Gasteiger partial charge in [-0.2, -0.15) is 0 Å². The molecule has 4 heteroatoms. The molecule has 144 valence electrons. The van der Waals surface area contributed by atoms with Gasteiger partial charge < -0.3 is 0 Å². The number of hydrogen-bond acceptors (Lipinski definition) is 3. The molecule has 10 aliphatic rings. The Morgan fingerprint density at radius 2 is 1.32 bits per heavy atom. The molecular weight excluding hydrogens is 392 g/mol. The number of carbonyl (C=O) groups is 3. The van der Waals surface area contributed by atoms with Gasteiger partial charge >= 0.3 is 153 Å². The standard InChI is InChI=1S/C19H17O3.C5H5.Fe/c1-13(16-9-5-4-6-10-16)18(22)19(14(2)20,15(3)21)17-11-7-8-12-17;1-2-4-5-3-1;/h4-12H,1H2,2-3H3;1-5H;. The molecule has 4 atom stereocenters. The topological polar surface area (TPSA) is 51.2 Å². The first kappa shape index (κ1) is 12.9. The molecular formula is C24H22FeO3. The summed E-state index contributed by atoms with van der Waals surface area (Å²) in [4.78, 5) is 49.3. The molecule has 1 aromatic carbocycles. The van der Waals surface area contributed by atoms with Gasteiger partial charge in [0, 0.05) is 0 Å². The number of Topliss-reactive ketones (excluding diaryl/α,β-unsaturated/α-hetero) is 3. The second kappa shape index (κ2) is 1.46. The summed E-state index contributed by atoms with van der Waals surface area (Å²) in [7, 11) is 0. The van der Waals surface area contributed by atoms with Crippen LogP contribution in [0.25, 0.3) is 5.57 Å². The first-order valence-electron chi connectivity index (χ1n) is 10.6. The molecule has 0 bridgehead atoms. The zero-order valence-electron chi connectivity index (χ0n) is 15.9. The Kier molecular flexibility index (Phi) is 0.672. The molecule has 0 aliphatic carbocycles. The average molecular weight is 414 g/mol. The van der Waals surface area contributed by atoms with Crippen LogP contribution in [0, 0.1) is 5.41 Å². The molecule has 3 nitrogen and oxygen atoms in total. The van der Waals surface area contributed by atoms with Crippen molar-refractivity contribution >= 4 is 22.9 Å². The van der Waals surface area contributed by atoms with Gasteiger partial charge in [0.25, 0.3) is 0 Å². The van der Waals surface area contributed by atoms with E-state index in [1.54, 1.807) is 13.8 Å². The second-order valence-electron chi connectivity index (χ2n) is 13.7. The van der Waals surface area contributed by atoms with Gasteiger partial charge in [-0.3, -0.25) is 0 Å². The van der Waals surface area contributed by atoms with E-state index in [2.05, 4.69) is 6.58 Å². The molecule has 0 saturated carbocycles. The molecule has 11 rings (SSSR count). The quantitative estimate of drug-likeness (QED) is 0.366. The molecule has 10 saturated heterocycles. The number of fused-ring (bicyclic) bond motifs is 10. The summed E-state index contributed by atoms with van der Waals surface area (Å²) in [5, 5.41) is 0. The number of benzene rings is 1. The van der Waals surface area contributed by atoms with Gasteiger partial charge in [0.15, 0.2) is 0 Å². The van der Waals surface area contributed by atoms with Gasteiger partial charge in [-0.05, 0) is 0 Å². The molecule has 0 aromatic heterocycles. The second-order valence-corrected chi connectivity index (χ2v) is 37.3. The zero-order chi connectivity index (χ0) is 18.9. The molecule has 4 unspecified atom stereocenters. The Bertz CT molecular complexity index is 1490. The Morgan fingerprint density at radius 3 is 1.64 bits per heavy atom. The van der Waals surface area contributed by atoms with Crippen molar-refractivity contribution in [1.82, 2.24) is 0 Å². The van der Waals surface area contributed by atoms with Crippen LogP contribution in [0.5, 0.6) is 0 Å². The summed E-state index contributed by atoms with van der Waals surface area (Å²) in [6, 6.07) is 9.45. The molecule has 1 spiro atoms. The van der Waals surface area contributed by atoms with E-state index in [1.807, 2.05) is 30.3 Å². The third-order valence-corrected chi connectivity index (χ3v) is 60.5. The third-order valence-electron chi connectivity index (χ3n) is 18.0. The fourth-order valence-electron chi connectivity index (χ4n) is 19.5. The van der Waals surface area contributed by atoms with Crippen molar-refractivity contribution in [3.05, 3.63) is 42.5 Å². The Labute approximate surface area is 153 Å². The van der Waals surface area contributed by atoms with Crippen LogP contribution in [0.15, 0.2) is 36.9 Å². The minimum atomic E-state index is -3.88. The number of rotatable bonds is 6. The SMILES string of the molecule is C=C(C(=O)C(C(C)=O)(C(C)=O)[C]12[CH]3[CH]4[CH]5[CH]1[Fe]45321678[CH]2[CH]1[CH]6[CH]7[CH]28)c1ccccc1. The van der Waals surface area contributed by atoms with Gasteiger partial charge in [-0.1, -0.05) is 0 Å². The van der Waals surface area contributed by atoms with Crippen molar-refractivity contribution in [2.24, 2.45) is 5.41 Å². The summed E-state index contributed by atoms with van der Waals surface area (Å²) in [5.41, 5.74) is -0.262. The van der Waals surface area contributed by atoms with Crippen LogP contribution in [-0.2, 0) is 20.9 Å². The molecule has 10 fully saturated rings. The summed E-state index contributed by atoms with van der Waals surface area (Å²) in [6.07, 6.45) is 0. The van der Waals surface area contributed by atoms with E-state index in [9.17, 15) is 14.4 Å². The van der Waals surface area contributed by atoms with Crippen molar-refractivity contribution in [1.29, 1.82) is 0 Å². The number of carbonyl (C=O) groups excluding carboxylic acids is 3. The molecule has 0 radical (unpaired) electrons. The van der Waals surface area contributed by atoms with Crippen LogP contribution in [0.4, 0.5) is 0 Å². The molecule has 1 aromatic rings. The Balaban J connectivity index is 1.26. The van der Waals surface area contributed by atoms with Crippen molar-refractivity contribution in [3.8, 4) is 0 Å². The summed E-state index contributed by atoms with van der Waals surface area (Å²) >= 11 is 0.